The molecule has 8 heteroatoms. The fourth-order valence-electron chi connectivity index (χ4n) is 9.93. The molecule has 0 aromatic heterocycles. The molecule has 2 unspecified atom stereocenters. The summed E-state index contributed by atoms with van der Waals surface area (Å²) in [4.78, 5) is 13.7. The first-order valence-corrected chi connectivity index (χ1v) is 15.2. The lowest BCUT2D eigenvalue weighted by Crippen LogP contribution is -2.81. The molecule has 0 amide bonds. The van der Waals surface area contributed by atoms with Crippen molar-refractivity contribution < 1.29 is 34.0 Å². The number of aliphatic carboxylic acids is 1. The summed E-state index contributed by atoms with van der Waals surface area (Å²) in [5.41, 5.74) is 3.02. The van der Waals surface area contributed by atoms with Gasteiger partial charge in [-0.2, -0.15) is 0 Å². The van der Waals surface area contributed by atoms with Crippen LogP contribution < -0.4 is 9.47 Å². The second kappa shape index (κ2) is 9.09. The number of rotatable bonds is 10. The predicted octanol–water partition coefficient (Wildman–Crippen LogP) is 4.30. The molecule has 0 radical (unpaired) electrons. The molecule has 2 aromatic rings. The molecule has 218 valence electrons. The van der Waals surface area contributed by atoms with Crippen molar-refractivity contribution in [1.29, 1.82) is 0 Å². The average molecular weight is 562 g/mol. The van der Waals surface area contributed by atoms with E-state index >= 15 is 0 Å². The predicted molar refractivity (Wildman–Crippen MR) is 149 cm³/mol. The molecular weight excluding hydrogens is 522 g/mol. The first-order chi connectivity index (χ1) is 19.9. The Bertz CT molecular complexity index is 1390. The number of hydrogen-bond donors (Lipinski definition) is 2. The fourth-order valence-corrected chi connectivity index (χ4v) is 9.93. The number of methoxy groups -OCH3 is 1. The smallest absolute Gasteiger partial charge is 0.341 e. The van der Waals surface area contributed by atoms with Crippen LogP contribution in [0.25, 0.3) is 0 Å². The summed E-state index contributed by atoms with van der Waals surface area (Å²) in [5.74, 6) is 1.48. The van der Waals surface area contributed by atoms with Gasteiger partial charge in [-0.3, -0.25) is 4.90 Å². The third kappa shape index (κ3) is 3.53. The van der Waals surface area contributed by atoms with Crippen molar-refractivity contribution in [2.75, 3.05) is 33.4 Å². The lowest BCUT2D eigenvalue weighted by atomic mass is 9.35. The molecule has 1 saturated heterocycles. The SMILES string of the molecule is CO[C@]12CCC3(CC1COCc1cccc(OCC(=O)O)c1)[C@H]1Cc4ccc(O)c5c4[C@@]3(CCN1CC1CC1)[C@H]2O5. The summed E-state index contributed by atoms with van der Waals surface area (Å²) >= 11 is 0. The number of aromatic hydroxyl groups is 1. The number of phenols is 1. The number of phenolic OH excluding ortho intramolecular Hbond substituents is 1. The summed E-state index contributed by atoms with van der Waals surface area (Å²) < 4.78 is 25.3. The Morgan fingerprint density at radius 1 is 1.17 bits per heavy atom. The van der Waals surface area contributed by atoms with Crippen LogP contribution in [0.15, 0.2) is 36.4 Å². The molecule has 4 saturated carbocycles. The van der Waals surface area contributed by atoms with Crippen LogP contribution in [0.3, 0.4) is 0 Å². The first-order valence-electron chi connectivity index (χ1n) is 15.2. The van der Waals surface area contributed by atoms with Crippen LogP contribution in [-0.4, -0.2) is 72.2 Å². The number of ether oxygens (including phenoxy) is 4. The molecule has 4 bridgehead atoms. The Labute approximate surface area is 240 Å². The van der Waals surface area contributed by atoms with E-state index in [1.165, 1.54) is 30.5 Å². The number of carbonyl (C=O) groups is 1. The summed E-state index contributed by atoms with van der Waals surface area (Å²) in [6.45, 7) is 2.87. The van der Waals surface area contributed by atoms with Gasteiger partial charge in [-0.1, -0.05) is 18.2 Å². The van der Waals surface area contributed by atoms with Crippen LogP contribution in [0.1, 0.15) is 55.2 Å². The maximum Gasteiger partial charge on any atom is 0.341 e. The van der Waals surface area contributed by atoms with Crippen LogP contribution in [0.4, 0.5) is 0 Å². The molecule has 2 aliphatic heterocycles. The molecule has 2 heterocycles. The van der Waals surface area contributed by atoms with Crippen molar-refractivity contribution >= 4 is 5.97 Å². The van der Waals surface area contributed by atoms with Gasteiger partial charge in [-0.05, 0) is 86.7 Å². The van der Waals surface area contributed by atoms with Gasteiger partial charge in [-0.15, -0.1) is 0 Å². The number of nitrogens with zero attached hydrogens (tertiary/aromatic N) is 1. The number of fused-ring (bicyclic) bond motifs is 2. The number of piperidine rings is 1. The van der Waals surface area contributed by atoms with Gasteiger partial charge in [0.1, 0.15) is 17.5 Å². The Kier molecular flexibility index (Phi) is 5.74. The molecule has 2 spiro atoms. The molecule has 5 fully saturated rings. The fraction of sp³-hybridized carbons (Fsp3) is 0.606. The second-order valence-corrected chi connectivity index (χ2v) is 13.4. The molecule has 6 atom stereocenters. The molecular formula is C33H39NO7. The Hall–Kier alpha value is -2.81. The monoisotopic (exact) mass is 561 g/mol. The van der Waals surface area contributed by atoms with E-state index in [1.54, 1.807) is 6.07 Å². The van der Waals surface area contributed by atoms with Crippen LogP contribution in [-0.2, 0) is 32.7 Å². The Balaban J connectivity index is 1.11. The molecule has 8 nitrogen and oxygen atoms in total. The maximum atomic E-state index is 11.0. The lowest BCUT2D eigenvalue weighted by molar-refractivity contribution is -0.283. The Morgan fingerprint density at radius 2 is 2.05 bits per heavy atom. The van der Waals surface area contributed by atoms with E-state index in [4.69, 9.17) is 24.1 Å². The Morgan fingerprint density at radius 3 is 2.85 bits per heavy atom. The zero-order chi connectivity index (χ0) is 28.0. The minimum atomic E-state index is -0.999. The van der Waals surface area contributed by atoms with Gasteiger partial charge in [0.2, 0.25) is 0 Å². The van der Waals surface area contributed by atoms with Gasteiger partial charge in [0, 0.05) is 42.0 Å². The van der Waals surface area contributed by atoms with E-state index in [9.17, 15) is 9.90 Å². The van der Waals surface area contributed by atoms with Crippen molar-refractivity contribution in [1.82, 2.24) is 4.90 Å². The molecule has 41 heavy (non-hydrogen) atoms. The maximum absolute atomic E-state index is 11.0. The van der Waals surface area contributed by atoms with E-state index in [-0.39, 0.29) is 35.2 Å². The summed E-state index contributed by atoms with van der Waals surface area (Å²) in [7, 11) is 1.83. The zero-order valence-electron chi connectivity index (χ0n) is 23.6. The highest BCUT2D eigenvalue weighted by molar-refractivity contribution is 5.68. The number of likely N-dealkylation sites (tertiary alicyclic amines) is 1. The van der Waals surface area contributed by atoms with Gasteiger partial charge in [0.25, 0.3) is 0 Å². The zero-order valence-corrected chi connectivity index (χ0v) is 23.6. The van der Waals surface area contributed by atoms with Crippen LogP contribution in [0.5, 0.6) is 17.2 Å². The van der Waals surface area contributed by atoms with Crippen molar-refractivity contribution in [2.24, 2.45) is 17.3 Å². The first kappa shape index (κ1) is 25.9. The average Bonchev–Trinajstić information content (AvgIpc) is 3.71. The van der Waals surface area contributed by atoms with E-state index in [0.29, 0.717) is 30.8 Å². The minimum Gasteiger partial charge on any atom is -0.504 e. The standard InChI is InChI=1S/C33H39NO7/c1-38-33-10-9-31(15-23(33)18-39-17-21-3-2-4-24(13-21)40-19-27(36)37)26-14-22-7-8-25(35)29-28(22)32(31,30(33)41-29)11-12-34(26)16-20-5-6-20/h2-4,7-8,13,20,23,26,30,35H,5-6,9-12,14-19H2,1H3,(H,36,37)/t23?,26-,30-,31?,32+,33-/m1/s1. The second-order valence-electron chi connectivity index (χ2n) is 13.4. The highest BCUT2D eigenvalue weighted by Gasteiger charge is 2.80. The molecule has 5 aliphatic carbocycles. The van der Waals surface area contributed by atoms with E-state index < -0.39 is 11.6 Å². The van der Waals surface area contributed by atoms with E-state index in [2.05, 4.69) is 11.0 Å². The highest BCUT2D eigenvalue weighted by Crippen LogP contribution is 2.76. The number of carboxylic acid groups (broad SMARTS) is 1. The largest absolute Gasteiger partial charge is 0.504 e. The van der Waals surface area contributed by atoms with E-state index in [0.717, 1.165) is 50.1 Å². The molecule has 2 aromatic carbocycles. The molecule has 9 rings (SSSR count). The van der Waals surface area contributed by atoms with Crippen molar-refractivity contribution in [3.63, 3.8) is 0 Å². The normalized spacial score (nSPS) is 36.1. The van der Waals surface area contributed by atoms with Crippen molar-refractivity contribution in [3.8, 4) is 17.2 Å². The lowest BCUT2D eigenvalue weighted by Gasteiger charge is -2.74. The third-order valence-corrected chi connectivity index (χ3v) is 11.7. The van der Waals surface area contributed by atoms with Crippen LogP contribution >= 0.6 is 0 Å². The van der Waals surface area contributed by atoms with Crippen LogP contribution in [0, 0.1) is 17.3 Å². The minimum absolute atomic E-state index is 0.0652. The van der Waals surface area contributed by atoms with Crippen LogP contribution in [0.2, 0.25) is 0 Å². The van der Waals surface area contributed by atoms with Crippen molar-refractivity contribution in [2.45, 2.75) is 74.7 Å². The highest BCUT2D eigenvalue weighted by atomic mass is 16.6. The number of hydrogen-bond acceptors (Lipinski definition) is 7. The van der Waals surface area contributed by atoms with Gasteiger partial charge in [0.05, 0.1) is 13.2 Å². The van der Waals surface area contributed by atoms with Gasteiger partial charge in [0.15, 0.2) is 18.1 Å². The molecule has 2 N–H and O–H groups in total. The molecule has 7 aliphatic rings. The van der Waals surface area contributed by atoms with Gasteiger partial charge in [-0.25, -0.2) is 4.79 Å². The van der Waals surface area contributed by atoms with Crippen molar-refractivity contribution in [3.05, 3.63) is 53.1 Å². The quantitative estimate of drug-likeness (QED) is 0.443. The van der Waals surface area contributed by atoms with Gasteiger partial charge < -0.3 is 29.2 Å². The number of benzene rings is 2. The number of carboxylic acids is 1. The van der Waals surface area contributed by atoms with E-state index in [1.807, 2.05) is 31.4 Å². The summed E-state index contributed by atoms with van der Waals surface area (Å²) in [6, 6.07) is 11.9. The summed E-state index contributed by atoms with van der Waals surface area (Å²) in [5, 5.41) is 20.0. The topological polar surface area (TPSA) is 97.7 Å². The third-order valence-electron chi connectivity index (χ3n) is 11.7. The van der Waals surface area contributed by atoms with Gasteiger partial charge >= 0.3 is 5.97 Å². The summed E-state index contributed by atoms with van der Waals surface area (Å²) in [6.07, 6.45) is 7.71.